The van der Waals surface area contributed by atoms with Gasteiger partial charge in [-0.15, -0.1) is 0 Å². The summed E-state index contributed by atoms with van der Waals surface area (Å²) in [6.45, 7) is 5.12. The Hall–Kier alpha value is -1.04. The average molecular weight is 879 g/mol. The minimum absolute atomic E-state index is 0.901. The van der Waals surface area contributed by atoms with Crippen LogP contribution in [0.3, 0.4) is 0 Å². The summed E-state index contributed by atoms with van der Waals surface area (Å²) in [7, 11) is 0. The Kier molecular flexibility index (Phi) is 7.09. The van der Waals surface area contributed by atoms with Gasteiger partial charge in [0, 0.05) is 0 Å². The van der Waals surface area contributed by atoms with Gasteiger partial charge in [-0.2, -0.15) is 0 Å². The minimum atomic E-state index is 0.901. The van der Waals surface area contributed by atoms with Crippen LogP contribution in [-0.4, -0.2) is 0 Å². The molecule has 0 aliphatic heterocycles. The van der Waals surface area contributed by atoms with Gasteiger partial charge >= 0.3 is 0 Å². The van der Waals surface area contributed by atoms with Crippen LogP contribution in [0.2, 0.25) is 0 Å². The third kappa shape index (κ3) is 4.38. The summed E-state index contributed by atoms with van der Waals surface area (Å²) in [5.74, 6) is 43.9. The van der Waals surface area contributed by atoms with E-state index in [1.807, 2.05) is 0 Å². The van der Waals surface area contributed by atoms with E-state index in [-0.39, 0.29) is 0 Å². The normalized spacial score (nSPS) is 73.3. The van der Waals surface area contributed by atoms with Gasteiger partial charge in [0.05, 0.1) is 0 Å². The summed E-state index contributed by atoms with van der Waals surface area (Å²) in [5, 5.41) is 0. The van der Waals surface area contributed by atoms with E-state index in [0.717, 1.165) is 172 Å². The second-order valence-corrected chi connectivity index (χ2v) is 31.6. The molecule has 0 amide bonds. The zero-order valence-corrected chi connectivity index (χ0v) is 41.0. The number of hydrogen-bond donors (Lipinski definition) is 0. The maximum Gasteiger partial charge on any atom is -0.0168 e. The lowest BCUT2D eigenvalue weighted by atomic mass is 9.64. The van der Waals surface area contributed by atoms with Crippen LogP contribution < -0.4 is 0 Å². The lowest BCUT2D eigenvalue weighted by Gasteiger charge is -2.40. The van der Waals surface area contributed by atoms with Crippen molar-refractivity contribution in [3.8, 4) is 0 Å². The standard InChI is InChI=1S/C66H86/c1-3-6-28-14-44(63-51-23-49(58(28)63)33-7-4-9-35(33)51)41-22-42(41)45-15-29(59-50-24-52(64(45)59)36-10-5-8-34(36)50)11-12-30-16-46(65-54-26-55(60(30)65)61-37-17-32(37)20-48(54)61)40-21-39(40)43-13-27(2)57-53-25-56(66(43)57)62-38-18-31(38)19-47(53)62/h3-7,10-12,27-66H,8-9,13-26H2,1-2H3. The molecule has 40 atom stereocenters. The van der Waals surface area contributed by atoms with Crippen molar-refractivity contribution in [3.05, 3.63) is 48.6 Å². The summed E-state index contributed by atoms with van der Waals surface area (Å²) in [6, 6.07) is 0. The van der Waals surface area contributed by atoms with Crippen LogP contribution in [-0.2, 0) is 0 Å². The highest BCUT2D eigenvalue weighted by Crippen LogP contribution is 2.82. The molecule has 20 rings (SSSR count). The molecule has 20 aliphatic rings. The molecular formula is C66H86. The van der Waals surface area contributed by atoms with Gasteiger partial charge in [-0.25, -0.2) is 0 Å². The largest absolute Gasteiger partial charge is 0.0914 e. The van der Waals surface area contributed by atoms with E-state index in [1.165, 1.54) is 77.9 Å². The van der Waals surface area contributed by atoms with Crippen molar-refractivity contribution in [1.29, 1.82) is 0 Å². The quantitative estimate of drug-likeness (QED) is 0.224. The van der Waals surface area contributed by atoms with Crippen LogP contribution in [0.1, 0.15) is 117 Å². The first kappa shape index (κ1) is 37.7. The minimum Gasteiger partial charge on any atom is -0.0914 e. The Labute approximate surface area is 400 Å². The van der Waals surface area contributed by atoms with Crippen molar-refractivity contribution < 1.29 is 0 Å². The Bertz CT molecular complexity index is 2260. The lowest BCUT2D eigenvalue weighted by Crippen LogP contribution is -2.36. The molecule has 0 aromatic rings. The van der Waals surface area contributed by atoms with Crippen molar-refractivity contribution in [3.63, 3.8) is 0 Å². The van der Waals surface area contributed by atoms with E-state index >= 15 is 0 Å². The highest BCUT2D eigenvalue weighted by molar-refractivity contribution is 5.28. The van der Waals surface area contributed by atoms with E-state index < -0.39 is 0 Å². The Morgan fingerprint density at radius 3 is 1.24 bits per heavy atom. The third-order valence-corrected chi connectivity index (χ3v) is 31.1. The third-order valence-electron chi connectivity index (χ3n) is 31.1. The first-order valence-electron chi connectivity index (χ1n) is 31.2. The SMILES string of the molecule is CC=CC1CC(C2CC2C2CC(C=CC3CC(C4CC4C4CC(C)C5C6CC(C7C8CC8CC67)C45)C4C5CC(C6C7CC7CC56)C34)C3C4CC(C5C=CCC54)C23)C2C3CC(C4C=CCC43)C12. The lowest BCUT2D eigenvalue weighted by molar-refractivity contribution is 0.0689. The van der Waals surface area contributed by atoms with E-state index in [2.05, 4.69) is 62.5 Å². The second-order valence-electron chi connectivity index (χ2n) is 31.6. The molecule has 0 aromatic carbocycles. The fourth-order valence-electron chi connectivity index (χ4n) is 30.5. The zero-order chi connectivity index (χ0) is 42.1. The average Bonchev–Trinajstić information content (AvgIpc) is 3.92. The van der Waals surface area contributed by atoms with Crippen LogP contribution in [0.5, 0.6) is 0 Å². The van der Waals surface area contributed by atoms with Gasteiger partial charge in [-0.3, -0.25) is 0 Å². The Morgan fingerprint density at radius 2 is 0.652 bits per heavy atom. The Balaban J connectivity index is 0.600. The summed E-state index contributed by atoms with van der Waals surface area (Å²) in [5.41, 5.74) is 0. The molecule has 0 N–H and O–H groups in total. The van der Waals surface area contributed by atoms with Crippen LogP contribution in [0.15, 0.2) is 48.6 Å². The molecule has 0 radical (unpaired) electrons. The molecule has 0 spiro atoms. The highest BCUT2D eigenvalue weighted by Gasteiger charge is 2.76. The Morgan fingerprint density at radius 1 is 0.288 bits per heavy atom. The fraction of sp³-hybridized carbons (Fsp3) is 0.879. The second kappa shape index (κ2) is 12.4. The number of fused-ring (bicyclic) bond motifs is 36. The number of rotatable bonds is 7. The monoisotopic (exact) mass is 879 g/mol. The van der Waals surface area contributed by atoms with Crippen LogP contribution in [0, 0.1) is 237 Å². The van der Waals surface area contributed by atoms with Crippen molar-refractivity contribution >= 4 is 0 Å². The molecule has 8 bridgehead atoms. The van der Waals surface area contributed by atoms with E-state index in [9.17, 15) is 0 Å². The molecule has 0 heterocycles. The number of hydrogen-bond acceptors (Lipinski definition) is 0. The molecule has 18 saturated carbocycles. The topological polar surface area (TPSA) is 0 Å². The molecule has 0 saturated heterocycles. The van der Waals surface area contributed by atoms with E-state index in [1.54, 1.807) is 89.9 Å². The van der Waals surface area contributed by atoms with Gasteiger partial charge in [-0.1, -0.05) is 55.5 Å². The van der Waals surface area contributed by atoms with Gasteiger partial charge in [-0.05, 0) is 346 Å². The molecule has 18 fully saturated rings. The van der Waals surface area contributed by atoms with Crippen molar-refractivity contribution in [2.45, 2.75) is 117 Å². The van der Waals surface area contributed by atoms with Crippen LogP contribution >= 0.6 is 0 Å². The van der Waals surface area contributed by atoms with Gasteiger partial charge in [0.2, 0.25) is 0 Å². The zero-order valence-electron chi connectivity index (χ0n) is 41.0. The molecule has 66 heavy (non-hydrogen) atoms. The van der Waals surface area contributed by atoms with Crippen molar-refractivity contribution in [2.24, 2.45) is 237 Å². The van der Waals surface area contributed by atoms with Gasteiger partial charge in [0.15, 0.2) is 0 Å². The van der Waals surface area contributed by atoms with Crippen molar-refractivity contribution in [1.82, 2.24) is 0 Å². The maximum atomic E-state index is 3.13. The van der Waals surface area contributed by atoms with E-state index in [4.69, 9.17) is 0 Å². The summed E-state index contributed by atoms with van der Waals surface area (Å²) in [4.78, 5) is 0. The van der Waals surface area contributed by atoms with Gasteiger partial charge in [0.1, 0.15) is 0 Å². The van der Waals surface area contributed by atoms with Gasteiger partial charge < -0.3 is 0 Å². The summed E-state index contributed by atoms with van der Waals surface area (Å²) < 4.78 is 0. The molecule has 20 aliphatic carbocycles. The summed E-state index contributed by atoms with van der Waals surface area (Å²) in [6.07, 6.45) is 48.3. The smallest absolute Gasteiger partial charge is 0.0168 e. The first-order chi connectivity index (χ1) is 32.6. The van der Waals surface area contributed by atoms with Crippen LogP contribution in [0.4, 0.5) is 0 Å². The highest BCUT2D eigenvalue weighted by atomic mass is 14.8. The molecule has 350 valence electrons. The number of allylic oxidation sites excluding steroid dienone is 8. The molecular weight excluding hydrogens is 793 g/mol. The predicted molar refractivity (Wildman–Crippen MR) is 261 cm³/mol. The summed E-state index contributed by atoms with van der Waals surface area (Å²) >= 11 is 0. The molecule has 0 aromatic heterocycles. The van der Waals surface area contributed by atoms with Crippen molar-refractivity contribution in [2.75, 3.05) is 0 Å². The molecule has 0 heteroatoms. The van der Waals surface area contributed by atoms with E-state index in [0.29, 0.717) is 0 Å². The fourth-order valence-corrected chi connectivity index (χ4v) is 30.5. The molecule has 40 unspecified atom stereocenters. The maximum absolute atomic E-state index is 3.13. The molecule has 0 nitrogen and oxygen atoms in total. The first-order valence-corrected chi connectivity index (χ1v) is 31.2. The predicted octanol–water partition coefficient (Wildman–Crippen LogP) is 14.4. The van der Waals surface area contributed by atoms with Crippen LogP contribution in [0.25, 0.3) is 0 Å². The van der Waals surface area contributed by atoms with Gasteiger partial charge in [0.25, 0.3) is 0 Å².